The minimum absolute atomic E-state index is 0.0223. The van der Waals surface area contributed by atoms with Crippen LogP contribution < -0.4 is 11.0 Å². The molecule has 0 unspecified atom stereocenters. The van der Waals surface area contributed by atoms with Gasteiger partial charge in [-0.3, -0.25) is 20.3 Å². The van der Waals surface area contributed by atoms with Gasteiger partial charge in [0.15, 0.2) is 5.75 Å². The van der Waals surface area contributed by atoms with Crippen molar-refractivity contribution in [2.75, 3.05) is 5.43 Å². The van der Waals surface area contributed by atoms with E-state index >= 15 is 0 Å². The first-order valence-electron chi connectivity index (χ1n) is 5.62. The Balaban J connectivity index is 2.27. The smallest absolute Gasteiger partial charge is 0.311 e. The maximum absolute atomic E-state index is 11.2. The highest BCUT2D eigenvalue weighted by Gasteiger charge is 2.16. The van der Waals surface area contributed by atoms with Gasteiger partial charge in [-0.15, -0.1) is 0 Å². The van der Waals surface area contributed by atoms with Crippen molar-refractivity contribution in [2.24, 2.45) is 5.10 Å². The predicted molar refractivity (Wildman–Crippen MR) is 77.5 cm³/mol. The van der Waals surface area contributed by atoms with Gasteiger partial charge < -0.3 is 10.2 Å². The van der Waals surface area contributed by atoms with Crippen molar-refractivity contribution < 1.29 is 15.1 Å². The SMILES string of the molecule is O=c1[nH]ncc(NN=Cc2cc([N+](=O)[O-])c(O)cc2O)c1Cl. The second-order valence-electron chi connectivity index (χ2n) is 3.95. The lowest BCUT2D eigenvalue weighted by molar-refractivity contribution is -0.385. The first kappa shape index (κ1) is 15.3. The van der Waals surface area contributed by atoms with Crippen molar-refractivity contribution in [2.45, 2.75) is 0 Å². The van der Waals surface area contributed by atoms with E-state index in [1.54, 1.807) is 0 Å². The molecule has 0 saturated heterocycles. The fourth-order valence-corrected chi connectivity index (χ4v) is 1.60. The zero-order valence-corrected chi connectivity index (χ0v) is 11.4. The van der Waals surface area contributed by atoms with Gasteiger partial charge in [-0.1, -0.05) is 11.6 Å². The minimum Gasteiger partial charge on any atom is -0.507 e. The lowest BCUT2D eigenvalue weighted by atomic mass is 10.2. The van der Waals surface area contributed by atoms with Crippen LogP contribution in [0.1, 0.15) is 5.56 Å². The van der Waals surface area contributed by atoms with Gasteiger partial charge in [-0.25, -0.2) is 5.10 Å². The third-order valence-corrected chi connectivity index (χ3v) is 2.88. The standard InChI is InChI=1S/C11H8ClN5O5/c12-10-6(4-14-16-11(10)20)15-13-3-5-1-7(17(21)22)9(19)2-8(5)18/h1-4,18-19H,(H2,15,16,20). The molecular weight excluding hydrogens is 318 g/mol. The second-order valence-corrected chi connectivity index (χ2v) is 4.33. The number of aromatic hydroxyl groups is 2. The molecule has 0 aliphatic heterocycles. The summed E-state index contributed by atoms with van der Waals surface area (Å²) in [5, 5.41) is 38.8. The summed E-state index contributed by atoms with van der Waals surface area (Å²) in [6.07, 6.45) is 2.26. The number of nitro benzene ring substituents is 1. The summed E-state index contributed by atoms with van der Waals surface area (Å²) < 4.78 is 0. The summed E-state index contributed by atoms with van der Waals surface area (Å²) in [4.78, 5) is 21.1. The van der Waals surface area contributed by atoms with E-state index in [0.717, 1.165) is 18.3 Å². The summed E-state index contributed by atoms with van der Waals surface area (Å²) in [6.45, 7) is 0. The van der Waals surface area contributed by atoms with Gasteiger partial charge in [0, 0.05) is 17.7 Å². The highest BCUT2D eigenvalue weighted by Crippen LogP contribution is 2.32. The van der Waals surface area contributed by atoms with Crippen molar-refractivity contribution in [3.8, 4) is 11.5 Å². The number of hydrazone groups is 1. The number of H-pyrrole nitrogens is 1. The molecule has 4 N–H and O–H groups in total. The van der Waals surface area contributed by atoms with Crippen LogP contribution in [0.15, 0.2) is 28.2 Å². The predicted octanol–water partition coefficient (Wildman–Crippen LogP) is 1.19. The summed E-state index contributed by atoms with van der Waals surface area (Å²) in [7, 11) is 0. The molecule has 114 valence electrons. The van der Waals surface area contributed by atoms with Gasteiger partial charge in [0.1, 0.15) is 16.5 Å². The molecule has 0 aliphatic rings. The van der Waals surface area contributed by atoms with Crippen molar-refractivity contribution >= 4 is 29.2 Å². The number of phenols is 2. The summed E-state index contributed by atoms with van der Waals surface area (Å²) in [6, 6.07) is 1.76. The Kier molecular flexibility index (Phi) is 4.23. The molecule has 0 atom stereocenters. The first-order chi connectivity index (χ1) is 10.4. The number of nitrogens with zero attached hydrogens (tertiary/aromatic N) is 3. The molecule has 0 bridgehead atoms. The molecule has 0 fully saturated rings. The van der Waals surface area contributed by atoms with Gasteiger partial charge in [-0.2, -0.15) is 10.2 Å². The Morgan fingerprint density at radius 2 is 2.14 bits per heavy atom. The number of nitrogens with one attached hydrogen (secondary N) is 2. The normalized spacial score (nSPS) is 10.8. The van der Waals surface area contributed by atoms with Crippen LogP contribution in [0.3, 0.4) is 0 Å². The second kappa shape index (κ2) is 6.10. The van der Waals surface area contributed by atoms with Gasteiger partial charge in [-0.05, 0) is 0 Å². The zero-order valence-electron chi connectivity index (χ0n) is 10.6. The summed E-state index contributed by atoms with van der Waals surface area (Å²) >= 11 is 5.70. The van der Waals surface area contributed by atoms with Gasteiger partial charge in [0.05, 0.1) is 17.3 Å². The Labute approximate surface area is 126 Å². The molecule has 0 spiro atoms. The molecule has 10 nitrogen and oxygen atoms in total. The molecule has 1 heterocycles. The van der Waals surface area contributed by atoms with Crippen LogP contribution in [0.25, 0.3) is 0 Å². The number of hydrogen-bond acceptors (Lipinski definition) is 8. The molecule has 22 heavy (non-hydrogen) atoms. The van der Waals surface area contributed by atoms with Gasteiger partial charge >= 0.3 is 5.69 Å². The zero-order chi connectivity index (χ0) is 16.3. The molecule has 2 rings (SSSR count). The summed E-state index contributed by atoms with van der Waals surface area (Å²) in [5.74, 6) is -1.08. The topological polar surface area (TPSA) is 154 Å². The minimum atomic E-state index is -0.808. The lowest BCUT2D eigenvalue weighted by Crippen LogP contribution is -2.10. The number of anilines is 1. The molecule has 1 aromatic heterocycles. The summed E-state index contributed by atoms with van der Waals surface area (Å²) in [5.41, 5.74) is 1.28. The van der Waals surface area contributed by atoms with Crippen LogP contribution >= 0.6 is 11.6 Å². The number of rotatable bonds is 4. The highest BCUT2D eigenvalue weighted by atomic mass is 35.5. The molecule has 1 aromatic carbocycles. The number of hydrogen-bond donors (Lipinski definition) is 4. The van der Waals surface area contributed by atoms with Gasteiger partial charge in [0.2, 0.25) is 0 Å². The van der Waals surface area contributed by atoms with Gasteiger partial charge in [0.25, 0.3) is 5.56 Å². The Bertz CT molecular complexity index is 819. The van der Waals surface area contributed by atoms with E-state index in [1.165, 1.54) is 6.20 Å². The highest BCUT2D eigenvalue weighted by molar-refractivity contribution is 6.32. The Hall–Kier alpha value is -3.14. The van der Waals surface area contributed by atoms with E-state index in [1.807, 2.05) is 0 Å². The Morgan fingerprint density at radius 1 is 1.41 bits per heavy atom. The quantitative estimate of drug-likeness (QED) is 0.374. The average Bonchev–Trinajstić information content (AvgIpc) is 2.45. The largest absolute Gasteiger partial charge is 0.507 e. The van der Waals surface area contributed by atoms with Crippen LogP contribution in [0.2, 0.25) is 5.02 Å². The van der Waals surface area contributed by atoms with E-state index in [4.69, 9.17) is 11.6 Å². The van der Waals surface area contributed by atoms with Crippen LogP contribution in [0.5, 0.6) is 11.5 Å². The number of phenolic OH excluding ortho intramolecular Hbond substituents is 2. The van der Waals surface area contributed by atoms with E-state index < -0.39 is 27.7 Å². The lowest BCUT2D eigenvalue weighted by Gasteiger charge is -2.03. The average molecular weight is 326 g/mol. The maximum Gasteiger partial charge on any atom is 0.311 e. The fourth-order valence-electron chi connectivity index (χ4n) is 1.46. The number of aromatic amines is 1. The number of aromatic nitrogens is 2. The number of halogens is 1. The fraction of sp³-hybridized carbons (Fsp3) is 0. The molecule has 0 amide bonds. The molecule has 0 radical (unpaired) electrons. The molecule has 11 heteroatoms. The van der Waals surface area contributed by atoms with Crippen molar-refractivity contribution in [1.82, 2.24) is 10.2 Å². The third-order valence-electron chi connectivity index (χ3n) is 2.50. The molecule has 0 aliphatic carbocycles. The van der Waals surface area contributed by atoms with E-state index in [2.05, 4.69) is 20.7 Å². The number of nitro groups is 1. The first-order valence-corrected chi connectivity index (χ1v) is 6.00. The van der Waals surface area contributed by atoms with Crippen LogP contribution in [-0.2, 0) is 0 Å². The van der Waals surface area contributed by atoms with Crippen molar-refractivity contribution in [3.63, 3.8) is 0 Å². The van der Waals surface area contributed by atoms with E-state index in [-0.39, 0.29) is 16.3 Å². The van der Waals surface area contributed by atoms with Crippen LogP contribution in [-0.4, -0.2) is 31.5 Å². The molecular formula is C11H8ClN5O5. The third kappa shape index (κ3) is 3.12. The van der Waals surface area contributed by atoms with E-state index in [0.29, 0.717) is 0 Å². The van der Waals surface area contributed by atoms with Crippen molar-refractivity contribution in [3.05, 3.63) is 49.4 Å². The van der Waals surface area contributed by atoms with Crippen molar-refractivity contribution in [1.29, 1.82) is 0 Å². The molecule has 0 saturated carbocycles. The molecule has 2 aromatic rings. The maximum atomic E-state index is 11.2. The monoisotopic (exact) mass is 325 g/mol. The Morgan fingerprint density at radius 3 is 2.82 bits per heavy atom. The van der Waals surface area contributed by atoms with Crippen LogP contribution in [0.4, 0.5) is 11.4 Å². The van der Waals surface area contributed by atoms with E-state index in [9.17, 15) is 25.1 Å². The number of benzene rings is 1. The van der Waals surface area contributed by atoms with Crippen LogP contribution in [0, 0.1) is 10.1 Å².